The van der Waals surface area contributed by atoms with Gasteiger partial charge in [0.15, 0.2) is 5.79 Å². The second-order valence-electron chi connectivity index (χ2n) is 6.85. The molecule has 0 amide bonds. The maximum Gasteiger partial charge on any atom is 0.302 e. The van der Waals surface area contributed by atoms with E-state index >= 15 is 0 Å². The lowest BCUT2D eigenvalue weighted by atomic mass is 9.96. The van der Waals surface area contributed by atoms with Gasteiger partial charge < -0.3 is 24.6 Å². The van der Waals surface area contributed by atoms with Gasteiger partial charge in [-0.25, -0.2) is 0 Å². The minimum atomic E-state index is -1.30. The highest BCUT2D eigenvalue weighted by Crippen LogP contribution is 2.29. The lowest BCUT2D eigenvalue weighted by Gasteiger charge is -2.41. The monoisotopic (exact) mass is 435 g/mol. The highest BCUT2D eigenvalue weighted by atomic mass is 32.2. The quantitative estimate of drug-likeness (QED) is 0.369. The van der Waals surface area contributed by atoms with Crippen molar-refractivity contribution in [1.29, 1.82) is 0 Å². The molecule has 0 aromatic heterocycles. The van der Waals surface area contributed by atoms with Gasteiger partial charge in [-0.3, -0.25) is 4.79 Å². The van der Waals surface area contributed by atoms with Crippen LogP contribution in [-0.4, -0.2) is 61.6 Å². The van der Waals surface area contributed by atoms with Gasteiger partial charge in [-0.15, -0.1) is 11.8 Å². The molecule has 1 fully saturated rings. The summed E-state index contributed by atoms with van der Waals surface area (Å²) in [4.78, 5) is 11.0. The number of nitrogens with one attached hydrogen (secondary N) is 1. The van der Waals surface area contributed by atoms with Gasteiger partial charge in [-0.2, -0.15) is 0 Å². The zero-order valence-electron chi connectivity index (χ0n) is 19.7. The van der Waals surface area contributed by atoms with Crippen LogP contribution in [-0.2, 0) is 19.0 Å². The Balaban J connectivity index is 0. The highest BCUT2D eigenvalue weighted by molar-refractivity contribution is 8.02. The normalized spacial score (nSPS) is 22.8. The minimum Gasteiger partial charge on any atom is -0.462 e. The first-order valence-corrected chi connectivity index (χ1v) is 11.9. The maximum absolute atomic E-state index is 11.0. The molecule has 174 valence electrons. The molecule has 0 radical (unpaired) electrons. The summed E-state index contributed by atoms with van der Waals surface area (Å²) in [5.74, 6) is -0.255. The number of hydrogen-bond acceptors (Lipinski definition) is 7. The van der Waals surface area contributed by atoms with E-state index in [1.807, 2.05) is 13.8 Å². The van der Waals surface area contributed by atoms with Gasteiger partial charge in [0.25, 0.3) is 0 Å². The summed E-state index contributed by atoms with van der Waals surface area (Å²) in [6, 6.07) is -0.237. The van der Waals surface area contributed by atoms with Crippen molar-refractivity contribution < 1.29 is 24.1 Å². The van der Waals surface area contributed by atoms with Crippen molar-refractivity contribution in [3.05, 3.63) is 12.0 Å². The van der Waals surface area contributed by atoms with Crippen molar-refractivity contribution in [1.82, 2.24) is 5.32 Å². The van der Waals surface area contributed by atoms with Crippen LogP contribution in [0, 0.1) is 5.92 Å². The molecule has 29 heavy (non-hydrogen) atoms. The van der Waals surface area contributed by atoms with Crippen LogP contribution >= 0.6 is 11.8 Å². The second kappa shape index (κ2) is 19.4. The van der Waals surface area contributed by atoms with Crippen LogP contribution in [0.15, 0.2) is 12.0 Å². The molecule has 7 heteroatoms. The van der Waals surface area contributed by atoms with Gasteiger partial charge in [0.2, 0.25) is 0 Å². The molecular weight excluding hydrogens is 390 g/mol. The van der Waals surface area contributed by atoms with Crippen molar-refractivity contribution in [2.75, 3.05) is 32.6 Å². The molecule has 0 bridgehead atoms. The minimum absolute atomic E-state index is 0.237. The smallest absolute Gasteiger partial charge is 0.302 e. The van der Waals surface area contributed by atoms with E-state index in [0.29, 0.717) is 18.8 Å². The Labute approximate surface area is 183 Å². The van der Waals surface area contributed by atoms with Gasteiger partial charge in [0.1, 0.15) is 6.10 Å². The van der Waals surface area contributed by atoms with E-state index < -0.39 is 5.79 Å². The number of likely N-dealkylation sites (N-methyl/N-ethyl adjacent to an activating group) is 1. The average Bonchev–Trinajstić information content (AvgIpc) is 2.70. The van der Waals surface area contributed by atoms with E-state index in [9.17, 15) is 9.90 Å². The maximum atomic E-state index is 11.0. The third-order valence-electron chi connectivity index (χ3n) is 4.37. The van der Waals surface area contributed by atoms with Gasteiger partial charge in [-0.1, -0.05) is 47.6 Å². The number of aliphatic hydroxyl groups is 1. The van der Waals surface area contributed by atoms with Crippen molar-refractivity contribution in [3.8, 4) is 0 Å². The number of carbonyl (C=O) groups is 1. The summed E-state index contributed by atoms with van der Waals surface area (Å²) in [7, 11) is 1.77. The van der Waals surface area contributed by atoms with Crippen LogP contribution in [0.1, 0.15) is 67.2 Å². The van der Waals surface area contributed by atoms with E-state index in [-0.39, 0.29) is 24.5 Å². The Kier molecular flexibility index (Phi) is 20.4. The molecule has 0 aromatic carbocycles. The highest BCUT2D eigenvalue weighted by Gasteiger charge is 2.43. The fraction of sp³-hybridized carbons (Fsp3) is 0.864. The molecular formula is C22H45NO5S. The van der Waals surface area contributed by atoms with Gasteiger partial charge in [0, 0.05) is 38.7 Å². The van der Waals surface area contributed by atoms with Crippen LogP contribution in [0.4, 0.5) is 0 Å². The first kappa shape index (κ1) is 30.6. The van der Waals surface area contributed by atoms with Crippen LogP contribution in [0.2, 0.25) is 0 Å². The van der Waals surface area contributed by atoms with Gasteiger partial charge in [0.05, 0.1) is 12.6 Å². The van der Waals surface area contributed by atoms with Gasteiger partial charge in [-0.05, 0) is 24.8 Å². The summed E-state index contributed by atoms with van der Waals surface area (Å²) in [6.45, 7) is 17.8. The van der Waals surface area contributed by atoms with Crippen LogP contribution in [0.3, 0.4) is 0 Å². The lowest BCUT2D eigenvalue weighted by Crippen LogP contribution is -2.57. The third kappa shape index (κ3) is 14.9. The lowest BCUT2D eigenvalue weighted by molar-refractivity contribution is -0.258. The number of hydrogen-bond donors (Lipinski definition) is 2. The first-order chi connectivity index (χ1) is 13.8. The Hall–Kier alpha value is -0.600. The zero-order chi connectivity index (χ0) is 22.7. The Morgan fingerprint density at radius 3 is 2.59 bits per heavy atom. The number of rotatable bonds is 11. The average molecular weight is 436 g/mol. The molecule has 1 aliphatic heterocycles. The van der Waals surface area contributed by atoms with E-state index in [4.69, 9.17) is 14.2 Å². The van der Waals surface area contributed by atoms with Crippen molar-refractivity contribution in [3.63, 3.8) is 0 Å². The van der Waals surface area contributed by atoms with E-state index in [1.54, 1.807) is 12.5 Å². The number of ether oxygens (including phenoxy) is 3. The van der Waals surface area contributed by atoms with Crippen LogP contribution < -0.4 is 5.32 Å². The molecule has 0 spiro atoms. The van der Waals surface area contributed by atoms with E-state index in [2.05, 4.69) is 32.7 Å². The molecule has 0 saturated carbocycles. The number of carbonyl (C=O) groups excluding carboxylic acids is 1. The predicted octanol–water partition coefficient (Wildman–Crippen LogP) is 4.37. The molecule has 2 N–H and O–H groups in total. The summed E-state index contributed by atoms with van der Waals surface area (Å²) < 4.78 is 16.0. The third-order valence-corrected chi connectivity index (χ3v) is 5.13. The molecule has 1 saturated heterocycles. The summed E-state index contributed by atoms with van der Waals surface area (Å²) in [5.41, 5.74) is 0. The molecule has 1 heterocycles. The Morgan fingerprint density at radius 2 is 2.10 bits per heavy atom. The Bertz CT molecular complexity index is 411. The largest absolute Gasteiger partial charge is 0.462 e. The molecule has 0 aliphatic carbocycles. The number of thioether (sulfide) groups is 1. The number of esters is 1. The van der Waals surface area contributed by atoms with Crippen molar-refractivity contribution in [2.24, 2.45) is 5.92 Å². The molecule has 1 rings (SSSR count). The summed E-state index contributed by atoms with van der Waals surface area (Å²) >= 11 is 1.50. The molecule has 3 unspecified atom stereocenters. The molecule has 1 aliphatic rings. The van der Waals surface area contributed by atoms with Crippen LogP contribution in [0.5, 0.6) is 0 Å². The van der Waals surface area contributed by atoms with E-state index in [0.717, 1.165) is 25.6 Å². The van der Waals surface area contributed by atoms with E-state index in [1.165, 1.54) is 25.1 Å². The first-order valence-electron chi connectivity index (χ1n) is 10.8. The second-order valence-corrected chi connectivity index (χ2v) is 7.85. The summed E-state index contributed by atoms with van der Waals surface area (Å²) in [5, 5.41) is 15.3. The molecule has 0 aromatic rings. The SMILES string of the molecule is C=CSCC(NC)C1(O)C[C@H](OC(C)=O)CCO1.CC.CCCOCC(C)CC. The van der Waals surface area contributed by atoms with Crippen molar-refractivity contribution >= 4 is 17.7 Å². The molecule has 4 atom stereocenters. The predicted molar refractivity (Wildman–Crippen MR) is 123 cm³/mol. The fourth-order valence-electron chi connectivity index (χ4n) is 2.58. The Morgan fingerprint density at radius 1 is 1.45 bits per heavy atom. The fourth-order valence-corrected chi connectivity index (χ4v) is 3.34. The summed E-state index contributed by atoms with van der Waals surface area (Å²) in [6.07, 6.45) is 2.98. The zero-order valence-corrected chi connectivity index (χ0v) is 20.5. The molecule has 6 nitrogen and oxygen atoms in total. The van der Waals surface area contributed by atoms with Gasteiger partial charge >= 0.3 is 5.97 Å². The standard InChI is InChI=1S/C12H21NO4S.C8H18O.C2H6/c1-4-18-8-11(13-3)12(15)7-10(5-6-16-12)17-9(2)14;1-4-6-9-7-8(3)5-2;1-2/h4,10-11,13,15H,1,5-8H2,2-3H3;8H,4-7H2,1-3H3;1-2H3/t10-,11?,12?;;/m1../s1. The topological polar surface area (TPSA) is 77.0 Å². The van der Waals surface area contributed by atoms with Crippen LogP contribution in [0.25, 0.3) is 0 Å². The van der Waals surface area contributed by atoms with Crippen molar-refractivity contribution in [2.45, 2.75) is 85.2 Å².